The number of carbonyl (C=O) groups excluding carboxylic acids is 1. The zero-order chi connectivity index (χ0) is 16.3. The van der Waals surface area contributed by atoms with Crippen molar-refractivity contribution >= 4 is 6.03 Å². The first-order valence-corrected chi connectivity index (χ1v) is 8.07. The van der Waals surface area contributed by atoms with Gasteiger partial charge in [-0.1, -0.05) is 50.6 Å². The molecule has 4 nitrogen and oxygen atoms in total. The van der Waals surface area contributed by atoms with E-state index in [0.29, 0.717) is 13.1 Å². The zero-order valence-electron chi connectivity index (χ0n) is 14.1. The number of benzene rings is 1. The van der Waals surface area contributed by atoms with Crippen LogP contribution in [0, 0.1) is 12.3 Å². The third-order valence-corrected chi connectivity index (χ3v) is 4.19. The van der Waals surface area contributed by atoms with Gasteiger partial charge in [-0.15, -0.1) is 0 Å². The number of hydrogen-bond acceptors (Lipinski definition) is 2. The van der Waals surface area contributed by atoms with Gasteiger partial charge in [-0.3, -0.25) is 0 Å². The molecular weight excluding hydrogens is 276 g/mol. The molecule has 0 aliphatic carbocycles. The fourth-order valence-corrected chi connectivity index (χ4v) is 3.00. The molecular formula is C18H28N2O2. The van der Waals surface area contributed by atoms with Gasteiger partial charge in [0.05, 0.1) is 12.1 Å². The number of rotatable bonds is 2. The average molecular weight is 304 g/mol. The summed E-state index contributed by atoms with van der Waals surface area (Å²) in [5.74, 6) is 0. The molecule has 1 aromatic rings. The first kappa shape index (κ1) is 16.8. The van der Waals surface area contributed by atoms with Crippen LogP contribution >= 0.6 is 0 Å². The van der Waals surface area contributed by atoms with Crippen LogP contribution in [0.4, 0.5) is 4.79 Å². The van der Waals surface area contributed by atoms with Crippen molar-refractivity contribution in [1.82, 2.24) is 10.2 Å². The van der Waals surface area contributed by atoms with Crippen LogP contribution in [0.3, 0.4) is 0 Å². The first-order valence-electron chi connectivity index (χ1n) is 8.07. The summed E-state index contributed by atoms with van der Waals surface area (Å²) in [7, 11) is 0. The summed E-state index contributed by atoms with van der Waals surface area (Å²) in [5, 5.41) is 12.9. The van der Waals surface area contributed by atoms with E-state index in [0.717, 1.165) is 18.4 Å². The molecule has 1 aromatic carbocycles. The Morgan fingerprint density at radius 1 is 1.41 bits per heavy atom. The minimum atomic E-state index is -0.397. The highest BCUT2D eigenvalue weighted by molar-refractivity contribution is 5.75. The highest BCUT2D eigenvalue weighted by Gasteiger charge is 2.30. The van der Waals surface area contributed by atoms with Gasteiger partial charge in [0, 0.05) is 13.1 Å². The molecule has 1 heterocycles. The van der Waals surface area contributed by atoms with Crippen molar-refractivity contribution in [3.05, 3.63) is 35.4 Å². The summed E-state index contributed by atoms with van der Waals surface area (Å²) in [6.45, 7) is 9.60. The monoisotopic (exact) mass is 304 g/mol. The number of aryl methyl sites for hydroxylation is 1. The lowest BCUT2D eigenvalue weighted by Gasteiger charge is -2.36. The molecule has 2 unspecified atom stereocenters. The van der Waals surface area contributed by atoms with Crippen LogP contribution in [0.25, 0.3) is 0 Å². The number of urea groups is 1. The van der Waals surface area contributed by atoms with Gasteiger partial charge in [-0.2, -0.15) is 0 Å². The summed E-state index contributed by atoms with van der Waals surface area (Å²) >= 11 is 0. The summed E-state index contributed by atoms with van der Waals surface area (Å²) in [6, 6.07) is 8.14. The molecule has 0 aromatic heterocycles. The van der Waals surface area contributed by atoms with Crippen LogP contribution in [0.2, 0.25) is 0 Å². The number of hydrogen-bond donors (Lipinski definition) is 2. The van der Waals surface area contributed by atoms with Gasteiger partial charge in [-0.25, -0.2) is 4.79 Å². The quantitative estimate of drug-likeness (QED) is 0.881. The molecule has 4 heteroatoms. The lowest BCUT2D eigenvalue weighted by molar-refractivity contribution is 0.0813. The van der Waals surface area contributed by atoms with Gasteiger partial charge >= 0.3 is 6.03 Å². The van der Waals surface area contributed by atoms with Crippen molar-refractivity contribution in [1.29, 1.82) is 0 Å². The van der Waals surface area contributed by atoms with Crippen LogP contribution in [-0.2, 0) is 0 Å². The van der Waals surface area contributed by atoms with E-state index < -0.39 is 6.10 Å². The van der Waals surface area contributed by atoms with Crippen molar-refractivity contribution in [3.8, 4) is 0 Å². The normalized spacial score (nSPS) is 20.6. The standard InChI is InChI=1S/C18H28N2O2/c1-13-7-5-8-14(11-13)16(18(2,3)4)19-17(22)20-10-6-9-15(21)12-20/h5,7-8,11,15-16,21H,6,9-10,12H2,1-4H3,(H,19,22). The molecule has 2 rings (SSSR count). The van der Waals surface area contributed by atoms with Gasteiger partial charge in [0.2, 0.25) is 0 Å². The van der Waals surface area contributed by atoms with Crippen molar-refractivity contribution < 1.29 is 9.90 Å². The summed E-state index contributed by atoms with van der Waals surface area (Å²) in [5.41, 5.74) is 2.23. The lowest BCUT2D eigenvalue weighted by Crippen LogP contribution is -2.49. The third kappa shape index (κ3) is 4.23. The number of carbonyl (C=O) groups is 1. The second kappa shape index (κ2) is 6.69. The van der Waals surface area contributed by atoms with E-state index in [1.54, 1.807) is 4.90 Å². The topological polar surface area (TPSA) is 52.6 Å². The van der Waals surface area contributed by atoms with Crippen molar-refractivity contribution in [3.63, 3.8) is 0 Å². The molecule has 0 bridgehead atoms. The van der Waals surface area contributed by atoms with E-state index >= 15 is 0 Å². The summed E-state index contributed by atoms with van der Waals surface area (Å²) in [4.78, 5) is 14.3. The number of amides is 2. The van der Waals surface area contributed by atoms with E-state index in [2.05, 4.69) is 51.2 Å². The minimum absolute atomic E-state index is 0.0565. The predicted octanol–water partition coefficient (Wildman–Crippen LogP) is 3.25. The maximum absolute atomic E-state index is 12.6. The van der Waals surface area contributed by atoms with Crippen LogP contribution in [0.1, 0.15) is 50.8 Å². The SMILES string of the molecule is Cc1cccc(C(NC(=O)N2CCCC(O)C2)C(C)(C)C)c1. The first-order chi connectivity index (χ1) is 10.3. The Labute approximate surface area is 133 Å². The molecule has 0 spiro atoms. The van der Waals surface area contributed by atoms with Crippen molar-refractivity contribution in [2.24, 2.45) is 5.41 Å². The molecule has 2 amide bonds. The molecule has 2 N–H and O–H groups in total. The Bertz CT molecular complexity index is 522. The maximum atomic E-state index is 12.6. The Balaban J connectivity index is 2.15. The van der Waals surface area contributed by atoms with Gasteiger partial charge < -0.3 is 15.3 Å². The van der Waals surface area contributed by atoms with Gasteiger partial charge in [0.1, 0.15) is 0 Å². The van der Waals surface area contributed by atoms with Crippen LogP contribution < -0.4 is 5.32 Å². The van der Waals surface area contributed by atoms with Gasteiger partial charge in [-0.05, 0) is 30.7 Å². The van der Waals surface area contributed by atoms with E-state index in [1.807, 2.05) is 6.07 Å². The molecule has 122 valence electrons. The number of β-amino-alcohol motifs (C(OH)–C–C–N with tert-alkyl or cyclic N) is 1. The minimum Gasteiger partial charge on any atom is -0.391 e. The average Bonchev–Trinajstić information content (AvgIpc) is 2.43. The van der Waals surface area contributed by atoms with E-state index in [-0.39, 0.29) is 17.5 Å². The smallest absolute Gasteiger partial charge is 0.317 e. The molecule has 0 radical (unpaired) electrons. The Morgan fingerprint density at radius 2 is 2.14 bits per heavy atom. The molecule has 1 aliphatic heterocycles. The summed E-state index contributed by atoms with van der Waals surface area (Å²) in [6.07, 6.45) is 1.25. The number of nitrogens with zero attached hydrogens (tertiary/aromatic N) is 1. The van der Waals surface area contributed by atoms with Gasteiger partial charge in [0.25, 0.3) is 0 Å². The van der Waals surface area contributed by atoms with E-state index in [4.69, 9.17) is 0 Å². The zero-order valence-corrected chi connectivity index (χ0v) is 14.1. The molecule has 1 aliphatic rings. The summed E-state index contributed by atoms with van der Waals surface area (Å²) < 4.78 is 0. The molecule has 1 fully saturated rings. The number of aliphatic hydroxyl groups is 1. The molecule has 0 saturated carbocycles. The fourth-order valence-electron chi connectivity index (χ4n) is 3.00. The highest BCUT2D eigenvalue weighted by Crippen LogP contribution is 2.33. The lowest BCUT2D eigenvalue weighted by atomic mass is 9.82. The second-order valence-corrected chi connectivity index (χ2v) is 7.40. The number of piperidine rings is 1. The number of nitrogens with one attached hydrogen (secondary N) is 1. The van der Waals surface area contributed by atoms with Crippen LogP contribution in [0.5, 0.6) is 0 Å². The maximum Gasteiger partial charge on any atom is 0.317 e. The Hall–Kier alpha value is -1.55. The molecule has 22 heavy (non-hydrogen) atoms. The highest BCUT2D eigenvalue weighted by atomic mass is 16.3. The Kier molecular flexibility index (Phi) is 5.12. The second-order valence-electron chi connectivity index (χ2n) is 7.40. The fraction of sp³-hybridized carbons (Fsp3) is 0.611. The van der Waals surface area contributed by atoms with Crippen molar-refractivity contribution in [2.75, 3.05) is 13.1 Å². The van der Waals surface area contributed by atoms with Crippen LogP contribution in [0.15, 0.2) is 24.3 Å². The predicted molar refractivity (Wildman–Crippen MR) is 88.7 cm³/mol. The largest absolute Gasteiger partial charge is 0.391 e. The molecule has 2 atom stereocenters. The third-order valence-electron chi connectivity index (χ3n) is 4.19. The number of aliphatic hydroxyl groups excluding tert-OH is 1. The number of likely N-dealkylation sites (tertiary alicyclic amines) is 1. The van der Waals surface area contributed by atoms with Crippen molar-refractivity contribution in [2.45, 2.75) is 52.7 Å². The molecule has 1 saturated heterocycles. The van der Waals surface area contributed by atoms with Crippen LogP contribution in [-0.4, -0.2) is 35.2 Å². The van der Waals surface area contributed by atoms with Gasteiger partial charge in [0.15, 0.2) is 0 Å². The Morgan fingerprint density at radius 3 is 2.73 bits per heavy atom. The van der Waals surface area contributed by atoms with E-state index in [1.165, 1.54) is 5.56 Å². The van der Waals surface area contributed by atoms with E-state index in [9.17, 15) is 9.90 Å².